The predicted molar refractivity (Wildman–Crippen MR) is 101 cm³/mol. The van der Waals surface area contributed by atoms with E-state index in [0.717, 1.165) is 0 Å². The van der Waals surface area contributed by atoms with Crippen LogP contribution in [0.5, 0.6) is 0 Å². The van der Waals surface area contributed by atoms with Crippen molar-refractivity contribution >= 4 is 32.9 Å². The number of anilines is 2. The molecule has 4 aromatic rings. The third kappa shape index (κ3) is 1.58. The molecule has 116 valence electrons. The second-order valence-electron chi connectivity index (χ2n) is 6.69. The van der Waals surface area contributed by atoms with Gasteiger partial charge in [-0.1, -0.05) is 36.4 Å². The van der Waals surface area contributed by atoms with Crippen LogP contribution in [0.3, 0.4) is 0 Å². The number of benzene rings is 3. The Morgan fingerprint density at radius 1 is 0.875 bits per heavy atom. The van der Waals surface area contributed by atoms with Gasteiger partial charge in [0.15, 0.2) is 6.20 Å². The van der Waals surface area contributed by atoms with Gasteiger partial charge in [-0.15, -0.1) is 0 Å². The predicted octanol–water partition coefficient (Wildman–Crippen LogP) is 4.87. The van der Waals surface area contributed by atoms with Gasteiger partial charge >= 0.3 is 0 Å². The number of fused-ring (bicyclic) bond motifs is 3. The average molecular weight is 311 g/mol. The lowest BCUT2D eigenvalue weighted by Gasteiger charge is -2.30. The minimum atomic E-state index is 1.28. The number of pyridine rings is 1. The summed E-state index contributed by atoms with van der Waals surface area (Å²) < 4.78 is 2.26. The molecule has 2 nitrogen and oxygen atoms in total. The molecule has 0 atom stereocenters. The molecule has 0 saturated carbocycles. The largest absolute Gasteiger partial charge is 0.343 e. The molecule has 0 unspecified atom stereocenters. The number of rotatable bonds is 0. The first-order valence-electron chi connectivity index (χ1n) is 8.34. The normalized spacial score (nSPS) is 12.7. The van der Waals surface area contributed by atoms with E-state index in [4.69, 9.17) is 0 Å². The Bertz CT molecular complexity index is 1140. The number of aromatic nitrogens is 1. The zero-order valence-corrected chi connectivity index (χ0v) is 14.2. The first kappa shape index (κ1) is 13.6. The quantitative estimate of drug-likeness (QED) is 0.420. The number of nitrogens with zero attached hydrogens (tertiary/aromatic N) is 2. The first-order valence-corrected chi connectivity index (χ1v) is 8.34. The van der Waals surface area contributed by atoms with Crippen molar-refractivity contribution < 1.29 is 4.57 Å². The van der Waals surface area contributed by atoms with Gasteiger partial charge < -0.3 is 4.90 Å². The van der Waals surface area contributed by atoms with Crippen molar-refractivity contribution in [3.05, 3.63) is 66.4 Å². The van der Waals surface area contributed by atoms with Gasteiger partial charge in [0.2, 0.25) is 5.69 Å². The third-order valence-corrected chi connectivity index (χ3v) is 5.39. The monoisotopic (exact) mass is 311 g/mol. The summed E-state index contributed by atoms with van der Waals surface area (Å²) in [4.78, 5) is 2.34. The van der Waals surface area contributed by atoms with Gasteiger partial charge in [-0.2, -0.15) is 0 Å². The van der Waals surface area contributed by atoms with Gasteiger partial charge in [-0.3, -0.25) is 0 Å². The van der Waals surface area contributed by atoms with Crippen LogP contribution in [0.4, 0.5) is 11.4 Å². The molecule has 24 heavy (non-hydrogen) atoms. The minimum Gasteiger partial charge on any atom is -0.343 e. The van der Waals surface area contributed by atoms with Crippen molar-refractivity contribution in [1.29, 1.82) is 0 Å². The zero-order valence-electron chi connectivity index (χ0n) is 14.2. The summed E-state index contributed by atoms with van der Waals surface area (Å²) in [6, 6.07) is 19.8. The van der Waals surface area contributed by atoms with E-state index < -0.39 is 0 Å². The Morgan fingerprint density at radius 3 is 2.54 bits per heavy atom. The van der Waals surface area contributed by atoms with E-state index >= 15 is 0 Å². The first-order chi connectivity index (χ1) is 11.7. The molecule has 0 fully saturated rings. The maximum absolute atomic E-state index is 2.34. The highest BCUT2D eigenvalue weighted by molar-refractivity contribution is 6.12. The summed E-state index contributed by atoms with van der Waals surface area (Å²) in [5, 5.41) is 5.28. The van der Waals surface area contributed by atoms with E-state index in [0.29, 0.717) is 0 Å². The molecule has 0 bridgehead atoms. The summed E-state index contributed by atoms with van der Waals surface area (Å²) in [6.45, 7) is 2.25. The van der Waals surface area contributed by atoms with E-state index in [1.807, 2.05) is 0 Å². The summed E-state index contributed by atoms with van der Waals surface area (Å²) in [7, 11) is 4.33. The van der Waals surface area contributed by atoms with E-state index in [1.54, 1.807) is 0 Å². The SMILES string of the molecule is Cc1c2c(cc3ccccc13)N(C)c1cccc3cc[n+](C)c-2c13. The lowest BCUT2D eigenvalue weighted by molar-refractivity contribution is -0.659. The van der Waals surface area contributed by atoms with Crippen LogP contribution in [0.2, 0.25) is 0 Å². The van der Waals surface area contributed by atoms with Crippen molar-refractivity contribution in [3.8, 4) is 11.3 Å². The molecular weight excluding hydrogens is 292 g/mol. The lowest BCUT2D eigenvalue weighted by Crippen LogP contribution is -2.33. The Kier molecular flexibility index (Phi) is 2.58. The van der Waals surface area contributed by atoms with Crippen LogP contribution < -0.4 is 9.47 Å². The Balaban J connectivity index is 2.06. The maximum Gasteiger partial charge on any atom is 0.224 e. The zero-order chi connectivity index (χ0) is 16.4. The Labute approximate surface area is 141 Å². The van der Waals surface area contributed by atoms with Gasteiger partial charge in [-0.05, 0) is 40.8 Å². The van der Waals surface area contributed by atoms with Crippen molar-refractivity contribution in [2.24, 2.45) is 7.05 Å². The van der Waals surface area contributed by atoms with Crippen LogP contribution in [0.1, 0.15) is 5.56 Å². The maximum atomic E-state index is 2.34. The second-order valence-corrected chi connectivity index (χ2v) is 6.69. The minimum absolute atomic E-state index is 1.28. The number of hydrogen-bond donors (Lipinski definition) is 0. The van der Waals surface area contributed by atoms with E-state index in [1.165, 1.54) is 49.7 Å². The van der Waals surface area contributed by atoms with Gasteiger partial charge in [0.05, 0.1) is 22.3 Å². The second kappa shape index (κ2) is 4.57. The highest BCUT2D eigenvalue weighted by Crippen LogP contribution is 2.48. The molecule has 0 saturated heterocycles. The van der Waals surface area contributed by atoms with E-state index in [2.05, 4.69) is 91.3 Å². The third-order valence-electron chi connectivity index (χ3n) is 5.39. The van der Waals surface area contributed by atoms with Gasteiger partial charge in [0, 0.05) is 13.1 Å². The molecule has 0 amide bonds. The van der Waals surface area contributed by atoms with Crippen molar-refractivity contribution in [1.82, 2.24) is 0 Å². The highest BCUT2D eigenvalue weighted by Gasteiger charge is 2.30. The fraction of sp³-hybridized carbons (Fsp3) is 0.136. The number of aryl methyl sites for hydroxylation is 2. The summed E-state index contributed by atoms with van der Waals surface area (Å²) in [6.07, 6.45) is 2.17. The Hall–Kier alpha value is -2.87. The molecule has 2 heterocycles. The van der Waals surface area contributed by atoms with Crippen LogP contribution in [0.15, 0.2) is 60.8 Å². The molecule has 0 aliphatic carbocycles. The summed E-state index contributed by atoms with van der Waals surface area (Å²) in [5.74, 6) is 0. The Morgan fingerprint density at radius 2 is 1.67 bits per heavy atom. The van der Waals surface area contributed by atoms with E-state index in [-0.39, 0.29) is 0 Å². The molecule has 0 radical (unpaired) electrons. The average Bonchev–Trinajstić information content (AvgIpc) is 2.61. The molecule has 3 aromatic carbocycles. The smallest absolute Gasteiger partial charge is 0.224 e. The van der Waals surface area contributed by atoms with Crippen molar-refractivity contribution in [2.45, 2.75) is 6.92 Å². The number of hydrogen-bond acceptors (Lipinski definition) is 1. The topological polar surface area (TPSA) is 7.12 Å². The standard InChI is InChI=1S/C22H19N2/c1-14-17-9-5-4-7-16(17)13-19-20(14)22-21-15(11-12-23(22)2)8-6-10-18(21)24(19)3/h4-13H,1-3H3/q+1. The highest BCUT2D eigenvalue weighted by atomic mass is 15.1. The summed E-state index contributed by atoms with van der Waals surface area (Å²) in [5.41, 5.74) is 6.59. The fourth-order valence-corrected chi connectivity index (χ4v) is 4.18. The van der Waals surface area contributed by atoms with Gasteiger partial charge in [0.1, 0.15) is 7.05 Å². The molecule has 0 N–H and O–H groups in total. The lowest BCUT2D eigenvalue weighted by atomic mass is 9.89. The molecule has 1 aliphatic heterocycles. The van der Waals surface area contributed by atoms with Crippen LogP contribution in [0.25, 0.3) is 32.8 Å². The van der Waals surface area contributed by atoms with Crippen molar-refractivity contribution in [2.75, 3.05) is 11.9 Å². The van der Waals surface area contributed by atoms with E-state index in [9.17, 15) is 0 Å². The van der Waals surface area contributed by atoms with Gasteiger partial charge in [0.25, 0.3) is 0 Å². The fourth-order valence-electron chi connectivity index (χ4n) is 4.18. The van der Waals surface area contributed by atoms with Crippen LogP contribution in [0, 0.1) is 6.92 Å². The molecule has 2 heteroatoms. The van der Waals surface area contributed by atoms with Crippen LogP contribution in [-0.4, -0.2) is 7.05 Å². The summed E-state index contributed by atoms with van der Waals surface area (Å²) >= 11 is 0. The molecule has 0 spiro atoms. The molecular formula is C22H19N2+. The van der Waals surface area contributed by atoms with Crippen molar-refractivity contribution in [3.63, 3.8) is 0 Å². The van der Waals surface area contributed by atoms with Crippen LogP contribution >= 0.6 is 0 Å². The molecule has 5 rings (SSSR count). The van der Waals surface area contributed by atoms with Gasteiger partial charge in [-0.25, -0.2) is 4.57 Å². The van der Waals surface area contributed by atoms with Crippen LogP contribution in [-0.2, 0) is 7.05 Å². The molecule has 1 aliphatic rings. The molecule has 1 aromatic heterocycles.